The summed E-state index contributed by atoms with van der Waals surface area (Å²) in [6.07, 6.45) is 3.65. The molecule has 28 heavy (non-hydrogen) atoms. The molecule has 0 atom stereocenters. The molecule has 0 unspecified atom stereocenters. The minimum Gasteiger partial charge on any atom is -0.440 e. The molecule has 2 aromatic carbocycles. The molecule has 0 spiro atoms. The van der Waals surface area contributed by atoms with Crippen molar-refractivity contribution in [3.8, 4) is 0 Å². The average molecular weight is 374 g/mol. The van der Waals surface area contributed by atoms with Crippen molar-refractivity contribution in [3.05, 3.63) is 64.5 Å². The van der Waals surface area contributed by atoms with Gasteiger partial charge in [0.25, 0.3) is 5.56 Å². The second-order valence-corrected chi connectivity index (χ2v) is 7.21. The first-order chi connectivity index (χ1) is 13.6. The van der Waals surface area contributed by atoms with Crippen molar-refractivity contribution in [1.29, 1.82) is 0 Å². The molecule has 1 saturated carbocycles. The number of nitrogens with zero attached hydrogens (tertiary/aromatic N) is 3. The molecular weight excluding hydrogens is 356 g/mol. The van der Waals surface area contributed by atoms with Gasteiger partial charge in [-0.2, -0.15) is 0 Å². The number of carbonyl (C=O) groups excluding carboxylic acids is 1. The molecule has 140 valence electrons. The summed E-state index contributed by atoms with van der Waals surface area (Å²) in [7, 11) is 0. The molecule has 7 heteroatoms. The van der Waals surface area contributed by atoms with Crippen LogP contribution in [0.4, 0.5) is 5.69 Å². The van der Waals surface area contributed by atoms with Gasteiger partial charge in [0, 0.05) is 11.6 Å². The van der Waals surface area contributed by atoms with Crippen LogP contribution < -0.4 is 10.9 Å². The lowest BCUT2D eigenvalue weighted by Crippen LogP contribution is -2.28. The highest BCUT2D eigenvalue weighted by Crippen LogP contribution is 2.40. The van der Waals surface area contributed by atoms with Gasteiger partial charge in [0.15, 0.2) is 11.5 Å². The number of aromatic nitrogens is 3. The van der Waals surface area contributed by atoms with Gasteiger partial charge < -0.3 is 9.73 Å². The van der Waals surface area contributed by atoms with E-state index in [1.807, 2.05) is 19.1 Å². The molecule has 2 heterocycles. The predicted molar refractivity (Wildman–Crippen MR) is 105 cm³/mol. The second kappa shape index (κ2) is 6.30. The van der Waals surface area contributed by atoms with E-state index in [2.05, 4.69) is 15.3 Å². The van der Waals surface area contributed by atoms with Crippen molar-refractivity contribution >= 4 is 33.6 Å². The van der Waals surface area contributed by atoms with Crippen molar-refractivity contribution in [2.75, 3.05) is 5.32 Å². The van der Waals surface area contributed by atoms with Crippen LogP contribution >= 0.6 is 0 Å². The molecule has 2 aromatic heterocycles. The highest BCUT2D eigenvalue weighted by Gasteiger charge is 2.28. The van der Waals surface area contributed by atoms with Crippen LogP contribution in [0, 0.1) is 6.92 Å². The third-order valence-corrected chi connectivity index (χ3v) is 4.98. The molecular formula is C21H18N4O3. The van der Waals surface area contributed by atoms with Crippen molar-refractivity contribution in [2.45, 2.75) is 32.2 Å². The molecule has 1 N–H and O–H groups in total. The molecule has 0 saturated heterocycles. The lowest BCUT2D eigenvalue weighted by molar-refractivity contribution is -0.116. The fourth-order valence-corrected chi connectivity index (χ4v) is 3.33. The summed E-state index contributed by atoms with van der Waals surface area (Å²) in [5, 5.41) is 3.32. The lowest BCUT2D eigenvalue weighted by Gasteiger charge is -2.08. The Kier molecular flexibility index (Phi) is 3.75. The first-order valence-electron chi connectivity index (χ1n) is 9.23. The first-order valence-corrected chi connectivity index (χ1v) is 9.23. The Labute approximate surface area is 160 Å². The van der Waals surface area contributed by atoms with Crippen LogP contribution in [0.3, 0.4) is 0 Å². The topological polar surface area (TPSA) is 90.0 Å². The summed E-state index contributed by atoms with van der Waals surface area (Å²) >= 11 is 0. The number of amides is 1. The first kappa shape index (κ1) is 16.7. The van der Waals surface area contributed by atoms with Gasteiger partial charge in [-0.05, 0) is 49.6 Å². The number of nitrogens with one attached hydrogen (secondary N) is 1. The Bertz CT molecular complexity index is 1280. The molecule has 1 aliphatic rings. The third-order valence-electron chi connectivity index (χ3n) is 4.98. The Morgan fingerprint density at radius 2 is 2.14 bits per heavy atom. The zero-order valence-electron chi connectivity index (χ0n) is 15.3. The molecule has 0 bridgehead atoms. The maximum absolute atomic E-state index is 12.6. The van der Waals surface area contributed by atoms with Gasteiger partial charge in [0.05, 0.1) is 17.2 Å². The van der Waals surface area contributed by atoms with E-state index in [0.717, 1.165) is 29.8 Å². The minimum absolute atomic E-state index is 0.111. The summed E-state index contributed by atoms with van der Waals surface area (Å²) in [6, 6.07) is 10.8. The summed E-state index contributed by atoms with van der Waals surface area (Å²) in [5.74, 6) is 0.894. The van der Waals surface area contributed by atoms with Crippen LogP contribution in [0.1, 0.15) is 30.2 Å². The largest absolute Gasteiger partial charge is 0.440 e. The minimum atomic E-state index is -0.304. The fraction of sp³-hybridized carbons (Fsp3) is 0.238. The Hall–Kier alpha value is -3.48. The van der Waals surface area contributed by atoms with E-state index in [1.54, 1.807) is 24.3 Å². The predicted octanol–water partition coefficient (Wildman–Crippen LogP) is 3.36. The van der Waals surface area contributed by atoms with Gasteiger partial charge in [-0.1, -0.05) is 12.1 Å². The van der Waals surface area contributed by atoms with Crippen LogP contribution in [-0.4, -0.2) is 20.4 Å². The number of hydrogen-bond donors (Lipinski definition) is 1. The van der Waals surface area contributed by atoms with Crippen LogP contribution in [0.15, 0.2) is 51.9 Å². The Balaban J connectivity index is 1.37. The maximum atomic E-state index is 12.6. The van der Waals surface area contributed by atoms with Gasteiger partial charge in [-0.3, -0.25) is 14.2 Å². The van der Waals surface area contributed by atoms with Crippen LogP contribution in [-0.2, 0) is 11.3 Å². The SMILES string of the molecule is Cc1cccc2c(=O)n(CC(=O)Nc3ccc4oc(C5CC5)nc4c3)cnc12. The molecule has 4 aromatic rings. The molecule has 7 nitrogen and oxygen atoms in total. The van der Waals surface area contributed by atoms with E-state index in [9.17, 15) is 9.59 Å². The highest BCUT2D eigenvalue weighted by atomic mass is 16.3. The van der Waals surface area contributed by atoms with E-state index in [-0.39, 0.29) is 18.0 Å². The van der Waals surface area contributed by atoms with Gasteiger partial charge in [0.1, 0.15) is 12.1 Å². The van der Waals surface area contributed by atoms with E-state index in [4.69, 9.17) is 4.42 Å². The van der Waals surface area contributed by atoms with Gasteiger partial charge in [0.2, 0.25) is 5.91 Å². The average Bonchev–Trinajstić information content (AvgIpc) is 3.44. The lowest BCUT2D eigenvalue weighted by atomic mass is 10.1. The summed E-state index contributed by atoms with van der Waals surface area (Å²) in [6.45, 7) is 1.79. The third kappa shape index (κ3) is 2.94. The molecule has 0 radical (unpaired) electrons. The molecule has 0 aliphatic heterocycles. The van der Waals surface area contributed by atoms with Crippen molar-refractivity contribution < 1.29 is 9.21 Å². The van der Waals surface area contributed by atoms with Gasteiger partial charge in [-0.25, -0.2) is 9.97 Å². The summed E-state index contributed by atoms with van der Waals surface area (Å²) < 4.78 is 7.05. The number of rotatable bonds is 4. The Morgan fingerprint density at radius 3 is 2.96 bits per heavy atom. The van der Waals surface area contributed by atoms with E-state index >= 15 is 0 Å². The number of oxazole rings is 1. The zero-order chi connectivity index (χ0) is 19.3. The molecule has 1 aliphatic carbocycles. The number of hydrogen-bond acceptors (Lipinski definition) is 5. The van der Waals surface area contributed by atoms with Crippen LogP contribution in [0.2, 0.25) is 0 Å². The van der Waals surface area contributed by atoms with Gasteiger partial charge >= 0.3 is 0 Å². The number of fused-ring (bicyclic) bond motifs is 2. The number of benzene rings is 2. The van der Waals surface area contributed by atoms with E-state index < -0.39 is 0 Å². The van der Waals surface area contributed by atoms with Crippen molar-refractivity contribution in [3.63, 3.8) is 0 Å². The monoisotopic (exact) mass is 374 g/mol. The zero-order valence-corrected chi connectivity index (χ0v) is 15.3. The molecule has 1 amide bonds. The van der Waals surface area contributed by atoms with Crippen molar-refractivity contribution in [1.82, 2.24) is 14.5 Å². The highest BCUT2D eigenvalue weighted by molar-refractivity contribution is 5.93. The number of anilines is 1. The number of carbonyl (C=O) groups is 1. The molecule has 1 fully saturated rings. The van der Waals surface area contributed by atoms with E-state index in [1.165, 1.54) is 10.9 Å². The second-order valence-electron chi connectivity index (χ2n) is 7.21. The normalized spacial score (nSPS) is 13.9. The number of aryl methyl sites for hydroxylation is 1. The van der Waals surface area contributed by atoms with Crippen LogP contribution in [0.25, 0.3) is 22.0 Å². The smallest absolute Gasteiger partial charge is 0.261 e. The van der Waals surface area contributed by atoms with Crippen LogP contribution in [0.5, 0.6) is 0 Å². The maximum Gasteiger partial charge on any atom is 0.261 e. The fourth-order valence-electron chi connectivity index (χ4n) is 3.33. The summed E-state index contributed by atoms with van der Waals surface area (Å²) in [5.41, 5.74) is 3.41. The van der Waals surface area contributed by atoms with Gasteiger partial charge in [-0.15, -0.1) is 0 Å². The standard InChI is InChI=1S/C21H18N4O3/c1-12-3-2-4-15-19(12)22-11-25(21(15)27)10-18(26)23-14-7-8-17-16(9-14)24-20(28-17)13-5-6-13/h2-4,7-9,11,13H,5-6,10H2,1H3,(H,23,26). The number of para-hydroxylation sites is 1. The Morgan fingerprint density at radius 1 is 1.29 bits per heavy atom. The summed E-state index contributed by atoms with van der Waals surface area (Å²) in [4.78, 5) is 33.9. The molecule has 5 rings (SSSR count). The van der Waals surface area contributed by atoms with Crippen molar-refractivity contribution in [2.24, 2.45) is 0 Å². The van der Waals surface area contributed by atoms with E-state index in [0.29, 0.717) is 28.1 Å². The quantitative estimate of drug-likeness (QED) is 0.591.